The maximum absolute atomic E-state index is 13.0. The zero-order chi connectivity index (χ0) is 16.4. The third kappa shape index (κ3) is 3.35. The molecule has 114 valence electrons. The molecule has 0 aromatic heterocycles. The molecule has 1 fully saturated rings. The van der Waals surface area contributed by atoms with Gasteiger partial charge in [-0.2, -0.15) is 18.4 Å². The maximum atomic E-state index is 13.0. The van der Waals surface area contributed by atoms with Gasteiger partial charge in [-0.15, -0.1) is 0 Å². The summed E-state index contributed by atoms with van der Waals surface area (Å²) in [4.78, 5) is 19.6. The molecular formula is C10H9F3N4O4. The van der Waals surface area contributed by atoms with Gasteiger partial charge < -0.3 is 0 Å². The third-order valence-corrected chi connectivity index (χ3v) is 3.47. The molecular weight excluding hydrogens is 297 g/mol. The predicted octanol–water partition coefficient (Wildman–Crippen LogP) is 1.56. The quantitative estimate of drug-likeness (QED) is 0.365. The number of rotatable bonds is 3. The summed E-state index contributed by atoms with van der Waals surface area (Å²) in [5.74, 6) is -2.87. The number of hydrogen-bond acceptors (Lipinski definition) is 6. The first-order valence-corrected chi connectivity index (χ1v) is 5.66. The topological polar surface area (TPSA) is 134 Å². The fourth-order valence-corrected chi connectivity index (χ4v) is 2.54. The summed E-state index contributed by atoms with van der Waals surface area (Å²) in [6.45, 7) is 0. The second-order valence-electron chi connectivity index (χ2n) is 4.59. The molecule has 0 aliphatic heterocycles. The van der Waals surface area contributed by atoms with E-state index in [9.17, 15) is 33.4 Å². The number of hydrogen-bond donors (Lipinski definition) is 1. The van der Waals surface area contributed by atoms with Crippen LogP contribution >= 0.6 is 0 Å². The fraction of sp³-hybridized carbons (Fsp3) is 0.700. The Morgan fingerprint density at radius 3 is 2.14 bits per heavy atom. The molecule has 1 N–H and O–H groups in total. The van der Waals surface area contributed by atoms with E-state index in [1.165, 1.54) is 11.9 Å². The minimum atomic E-state index is -4.95. The SMILES string of the molecule is N#CC(=C=N)C1C([N+](=O)[O-])CC([N+](=O)[O-])CC1C(F)(F)F. The fourth-order valence-electron chi connectivity index (χ4n) is 2.54. The summed E-state index contributed by atoms with van der Waals surface area (Å²) in [5.41, 5.74) is -0.819. The summed E-state index contributed by atoms with van der Waals surface area (Å²) < 4.78 is 39.1. The molecule has 1 saturated carbocycles. The Morgan fingerprint density at radius 2 is 1.81 bits per heavy atom. The molecule has 0 aromatic rings. The Hall–Kier alpha value is -2.47. The van der Waals surface area contributed by atoms with Crippen molar-refractivity contribution in [1.29, 1.82) is 10.7 Å². The molecule has 1 rings (SSSR count). The molecule has 0 radical (unpaired) electrons. The predicted molar refractivity (Wildman–Crippen MR) is 60.7 cm³/mol. The van der Waals surface area contributed by atoms with Gasteiger partial charge in [0.25, 0.3) is 0 Å². The first-order valence-electron chi connectivity index (χ1n) is 5.66. The van der Waals surface area contributed by atoms with Crippen LogP contribution in [0, 0.1) is 48.8 Å². The normalized spacial score (nSPS) is 29.0. The summed E-state index contributed by atoms with van der Waals surface area (Å²) >= 11 is 0. The van der Waals surface area contributed by atoms with Gasteiger partial charge in [0.15, 0.2) is 0 Å². The zero-order valence-corrected chi connectivity index (χ0v) is 10.3. The highest BCUT2D eigenvalue weighted by atomic mass is 19.4. The Balaban J connectivity index is 3.38. The Kier molecular flexibility index (Phi) is 4.65. The van der Waals surface area contributed by atoms with Crippen molar-refractivity contribution in [2.45, 2.75) is 31.1 Å². The Bertz CT molecular complexity index is 549. The Labute approximate surface area is 115 Å². The van der Waals surface area contributed by atoms with E-state index < -0.39 is 58.4 Å². The van der Waals surface area contributed by atoms with Crippen LogP contribution in [0.5, 0.6) is 0 Å². The first kappa shape index (κ1) is 16.6. The standard InChI is InChI=1S/C10H9F3N4O4/c11-10(12,13)7-1-6(16(18)19)2-8(17(20)21)9(7)5(3-14)4-15/h6-9,14H,1-2H2. The van der Waals surface area contributed by atoms with Crippen molar-refractivity contribution in [2.24, 2.45) is 11.8 Å². The summed E-state index contributed by atoms with van der Waals surface area (Å²) in [7, 11) is 0. The van der Waals surface area contributed by atoms with Gasteiger partial charge in [-0.1, -0.05) is 0 Å². The average Bonchev–Trinajstić information content (AvgIpc) is 2.38. The first-order chi connectivity index (χ1) is 9.63. The van der Waals surface area contributed by atoms with E-state index >= 15 is 0 Å². The molecule has 0 amide bonds. The molecule has 1 aliphatic rings. The minimum Gasteiger partial charge on any atom is -0.264 e. The molecule has 1 aliphatic carbocycles. The number of nitrogens with one attached hydrogen (secondary N) is 1. The van der Waals surface area contributed by atoms with Crippen molar-refractivity contribution >= 4 is 5.87 Å². The largest absolute Gasteiger partial charge is 0.392 e. The number of halogens is 3. The van der Waals surface area contributed by atoms with Gasteiger partial charge in [-0.3, -0.25) is 25.6 Å². The average molecular weight is 306 g/mol. The van der Waals surface area contributed by atoms with Crippen molar-refractivity contribution in [3.63, 3.8) is 0 Å². The highest BCUT2D eigenvalue weighted by molar-refractivity contribution is 5.61. The van der Waals surface area contributed by atoms with E-state index in [2.05, 4.69) is 0 Å². The van der Waals surface area contributed by atoms with Crippen molar-refractivity contribution in [2.75, 3.05) is 0 Å². The molecule has 8 nitrogen and oxygen atoms in total. The molecule has 21 heavy (non-hydrogen) atoms. The van der Waals surface area contributed by atoms with Crippen LogP contribution in [-0.2, 0) is 0 Å². The lowest BCUT2D eigenvalue weighted by atomic mass is 9.70. The van der Waals surface area contributed by atoms with E-state index in [1.807, 2.05) is 0 Å². The number of nitro groups is 2. The monoisotopic (exact) mass is 306 g/mol. The van der Waals surface area contributed by atoms with Gasteiger partial charge in [-0.05, 0) is 5.87 Å². The molecule has 4 atom stereocenters. The van der Waals surface area contributed by atoms with E-state index in [0.717, 1.165) is 0 Å². The second kappa shape index (κ2) is 5.88. The lowest BCUT2D eigenvalue weighted by Crippen LogP contribution is -2.50. The molecule has 0 aromatic carbocycles. The third-order valence-electron chi connectivity index (χ3n) is 3.47. The highest BCUT2D eigenvalue weighted by Crippen LogP contribution is 2.45. The highest BCUT2D eigenvalue weighted by Gasteiger charge is 2.59. The van der Waals surface area contributed by atoms with Crippen molar-refractivity contribution in [3.8, 4) is 6.07 Å². The summed E-state index contributed by atoms with van der Waals surface area (Å²) in [6, 6.07) is -2.37. The lowest BCUT2D eigenvalue weighted by molar-refractivity contribution is -0.579. The molecule has 0 heterocycles. The maximum Gasteiger partial charge on any atom is 0.392 e. The molecule has 4 unspecified atom stereocenters. The number of alkyl halides is 3. The zero-order valence-electron chi connectivity index (χ0n) is 10.3. The van der Waals surface area contributed by atoms with E-state index in [0.29, 0.717) is 0 Å². The van der Waals surface area contributed by atoms with Crippen LogP contribution < -0.4 is 0 Å². The van der Waals surface area contributed by atoms with Gasteiger partial charge in [0.05, 0.1) is 18.3 Å². The smallest absolute Gasteiger partial charge is 0.264 e. The van der Waals surface area contributed by atoms with Crippen molar-refractivity contribution in [1.82, 2.24) is 0 Å². The van der Waals surface area contributed by atoms with E-state index in [1.54, 1.807) is 0 Å². The van der Waals surface area contributed by atoms with Crippen LogP contribution in [0.4, 0.5) is 13.2 Å². The number of nitriles is 1. The van der Waals surface area contributed by atoms with Crippen molar-refractivity contribution in [3.05, 3.63) is 25.8 Å². The van der Waals surface area contributed by atoms with Crippen LogP contribution in [0.1, 0.15) is 12.8 Å². The van der Waals surface area contributed by atoms with Crippen LogP contribution in [0.25, 0.3) is 0 Å². The van der Waals surface area contributed by atoms with Crippen molar-refractivity contribution < 1.29 is 23.0 Å². The minimum absolute atomic E-state index is 0.718. The summed E-state index contributed by atoms with van der Waals surface area (Å²) in [5, 5.41) is 37.2. The van der Waals surface area contributed by atoms with Gasteiger partial charge in [0.2, 0.25) is 12.1 Å². The van der Waals surface area contributed by atoms with Gasteiger partial charge in [0, 0.05) is 16.3 Å². The van der Waals surface area contributed by atoms with Gasteiger partial charge in [0.1, 0.15) is 11.6 Å². The molecule has 0 saturated heterocycles. The molecule has 11 heteroatoms. The van der Waals surface area contributed by atoms with Crippen LogP contribution in [-0.4, -0.2) is 34.0 Å². The number of nitrogens with zero attached hydrogens (tertiary/aromatic N) is 3. The van der Waals surface area contributed by atoms with E-state index in [-0.39, 0.29) is 0 Å². The Morgan fingerprint density at radius 1 is 1.24 bits per heavy atom. The molecule has 0 bridgehead atoms. The second-order valence-corrected chi connectivity index (χ2v) is 4.59. The van der Waals surface area contributed by atoms with Gasteiger partial charge >= 0.3 is 6.18 Å². The van der Waals surface area contributed by atoms with E-state index in [4.69, 9.17) is 10.7 Å². The van der Waals surface area contributed by atoms with Crippen LogP contribution in [0.2, 0.25) is 0 Å². The lowest BCUT2D eigenvalue weighted by Gasteiger charge is -2.34. The van der Waals surface area contributed by atoms with Gasteiger partial charge in [-0.25, -0.2) is 0 Å². The van der Waals surface area contributed by atoms with Crippen LogP contribution in [0.15, 0.2) is 5.57 Å². The van der Waals surface area contributed by atoms with Crippen LogP contribution in [0.3, 0.4) is 0 Å². The molecule has 0 spiro atoms. The summed E-state index contributed by atoms with van der Waals surface area (Å²) in [6.07, 6.45) is -6.63.